The summed E-state index contributed by atoms with van der Waals surface area (Å²) in [5.41, 5.74) is 1.19. The van der Waals surface area contributed by atoms with E-state index in [9.17, 15) is 4.79 Å². The Morgan fingerprint density at radius 3 is 2.71 bits per heavy atom. The fraction of sp³-hybridized carbons (Fsp3) is 0.533. The molecule has 1 aliphatic heterocycles. The average molecular weight is 328 g/mol. The van der Waals surface area contributed by atoms with Gasteiger partial charge in [-0.2, -0.15) is 0 Å². The van der Waals surface area contributed by atoms with E-state index in [0.717, 1.165) is 50.0 Å². The number of benzene rings is 1. The first-order chi connectivity index (χ1) is 10.2. The molecule has 1 heterocycles. The molecule has 0 aliphatic carbocycles. The van der Waals surface area contributed by atoms with Gasteiger partial charge in [0.1, 0.15) is 0 Å². The van der Waals surface area contributed by atoms with Crippen LogP contribution in [0.15, 0.2) is 24.3 Å². The Morgan fingerprint density at radius 1 is 1.29 bits per heavy atom. The van der Waals surface area contributed by atoms with Gasteiger partial charge in [-0.25, -0.2) is 0 Å². The predicted molar refractivity (Wildman–Crippen MR) is 89.9 cm³/mol. The normalized spacial score (nSPS) is 15.9. The second-order valence-electron chi connectivity index (χ2n) is 5.06. The van der Waals surface area contributed by atoms with Crippen molar-refractivity contribution in [2.45, 2.75) is 5.75 Å². The molecular formula is C15H22ClN3OS. The Labute approximate surface area is 135 Å². The summed E-state index contributed by atoms with van der Waals surface area (Å²) in [5.74, 6) is 1.45. The summed E-state index contributed by atoms with van der Waals surface area (Å²) >= 11 is 7.47. The Hall–Kier alpha value is -0.750. The molecule has 0 aromatic heterocycles. The molecule has 1 aromatic carbocycles. The molecule has 21 heavy (non-hydrogen) atoms. The first-order valence-electron chi connectivity index (χ1n) is 7.26. The highest BCUT2D eigenvalue weighted by Gasteiger charge is 2.09. The summed E-state index contributed by atoms with van der Waals surface area (Å²) < 4.78 is 0. The van der Waals surface area contributed by atoms with Crippen LogP contribution >= 0.6 is 23.4 Å². The van der Waals surface area contributed by atoms with E-state index in [1.807, 2.05) is 24.3 Å². The predicted octanol–water partition coefficient (Wildman–Crippen LogP) is 1.59. The van der Waals surface area contributed by atoms with Crippen molar-refractivity contribution in [3.05, 3.63) is 34.9 Å². The summed E-state index contributed by atoms with van der Waals surface area (Å²) in [4.78, 5) is 14.1. The standard InChI is InChI=1S/C15H22ClN3OS/c16-14-3-1-13(2-4-14)11-21-12-15(20)18-7-10-19-8-5-17-6-9-19/h1-4,17H,5-12H2,(H,18,20). The van der Waals surface area contributed by atoms with Crippen LogP contribution in [0.25, 0.3) is 0 Å². The molecule has 0 radical (unpaired) electrons. The lowest BCUT2D eigenvalue weighted by atomic mass is 10.2. The third-order valence-corrected chi connectivity index (χ3v) is 4.63. The molecule has 2 N–H and O–H groups in total. The number of halogens is 1. The number of nitrogens with one attached hydrogen (secondary N) is 2. The molecule has 0 spiro atoms. The summed E-state index contributed by atoms with van der Waals surface area (Å²) in [6.07, 6.45) is 0. The third-order valence-electron chi connectivity index (χ3n) is 3.37. The first-order valence-corrected chi connectivity index (χ1v) is 8.79. The molecule has 1 amide bonds. The molecule has 1 fully saturated rings. The van der Waals surface area contributed by atoms with E-state index in [-0.39, 0.29) is 5.91 Å². The van der Waals surface area contributed by atoms with Gasteiger partial charge in [0.2, 0.25) is 5.91 Å². The van der Waals surface area contributed by atoms with Crippen molar-refractivity contribution in [1.29, 1.82) is 0 Å². The van der Waals surface area contributed by atoms with Crippen molar-refractivity contribution in [2.24, 2.45) is 0 Å². The number of carbonyl (C=O) groups excluding carboxylic acids is 1. The van der Waals surface area contributed by atoms with Gasteiger partial charge >= 0.3 is 0 Å². The van der Waals surface area contributed by atoms with E-state index in [1.165, 1.54) is 5.56 Å². The van der Waals surface area contributed by atoms with Gasteiger partial charge in [-0.1, -0.05) is 23.7 Å². The van der Waals surface area contributed by atoms with Gasteiger partial charge < -0.3 is 10.6 Å². The fourth-order valence-electron chi connectivity index (χ4n) is 2.18. The second kappa shape index (κ2) is 9.30. The van der Waals surface area contributed by atoms with Crippen molar-refractivity contribution >= 4 is 29.3 Å². The van der Waals surface area contributed by atoms with Crippen molar-refractivity contribution < 1.29 is 4.79 Å². The molecule has 2 rings (SSSR count). The lowest BCUT2D eigenvalue weighted by molar-refractivity contribution is -0.118. The fourth-order valence-corrected chi connectivity index (χ4v) is 3.13. The Bertz CT molecular complexity index is 435. The van der Waals surface area contributed by atoms with Crippen LogP contribution in [0.5, 0.6) is 0 Å². The number of hydrogen-bond acceptors (Lipinski definition) is 4. The number of rotatable bonds is 7. The van der Waals surface area contributed by atoms with Crippen LogP contribution < -0.4 is 10.6 Å². The maximum absolute atomic E-state index is 11.7. The molecule has 0 atom stereocenters. The SMILES string of the molecule is O=C(CSCc1ccc(Cl)cc1)NCCN1CCNCC1. The average Bonchev–Trinajstić information content (AvgIpc) is 2.50. The zero-order valence-corrected chi connectivity index (χ0v) is 13.7. The van der Waals surface area contributed by atoms with Crippen LogP contribution in [0.2, 0.25) is 5.02 Å². The summed E-state index contributed by atoms with van der Waals surface area (Å²) in [6, 6.07) is 7.76. The number of nitrogens with zero attached hydrogens (tertiary/aromatic N) is 1. The number of carbonyl (C=O) groups is 1. The van der Waals surface area contributed by atoms with Gasteiger partial charge in [0, 0.05) is 50.0 Å². The van der Waals surface area contributed by atoms with Gasteiger partial charge in [0.15, 0.2) is 0 Å². The van der Waals surface area contributed by atoms with Gasteiger partial charge in [0.25, 0.3) is 0 Å². The molecule has 1 aromatic rings. The summed E-state index contributed by atoms with van der Waals surface area (Å²) in [5, 5.41) is 7.05. The minimum Gasteiger partial charge on any atom is -0.354 e. The number of amides is 1. The van der Waals surface area contributed by atoms with Crippen molar-refractivity contribution in [2.75, 3.05) is 45.0 Å². The van der Waals surface area contributed by atoms with Crippen molar-refractivity contribution in [3.63, 3.8) is 0 Å². The van der Waals surface area contributed by atoms with Crippen LogP contribution in [0, 0.1) is 0 Å². The van der Waals surface area contributed by atoms with E-state index < -0.39 is 0 Å². The minimum absolute atomic E-state index is 0.115. The van der Waals surface area contributed by atoms with Gasteiger partial charge in [-0.05, 0) is 17.7 Å². The zero-order chi connectivity index (χ0) is 14.9. The monoisotopic (exact) mass is 327 g/mol. The number of thioether (sulfide) groups is 1. The molecular weight excluding hydrogens is 306 g/mol. The topological polar surface area (TPSA) is 44.4 Å². The maximum atomic E-state index is 11.7. The van der Waals surface area contributed by atoms with Crippen LogP contribution in [0.4, 0.5) is 0 Å². The van der Waals surface area contributed by atoms with E-state index >= 15 is 0 Å². The summed E-state index contributed by atoms with van der Waals surface area (Å²) in [7, 11) is 0. The minimum atomic E-state index is 0.115. The van der Waals surface area contributed by atoms with Crippen molar-refractivity contribution in [3.8, 4) is 0 Å². The van der Waals surface area contributed by atoms with Crippen molar-refractivity contribution in [1.82, 2.24) is 15.5 Å². The van der Waals surface area contributed by atoms with E-state index in [2.05, 4.69) is 15.5 Å². The molecule has 0 saturated carbocycles. The third kappa shape index (κ3) is 6.70. The van der Waals surface area contributed by atoms with Gasteiger partial charge in [0.05, 0.1) is 5.75 Å². The molecule has 1 saturated heterocycles. The molecule has 0 bridgehead atoms. The molecule has 4 nitrogen and oxygen atoms in total. The first kappa shape index (κ1) is 16.6. The lowest BCUT2D eigenvalue weighted by Crippen LogP contribution is -2.46. The van der Waals surface area contributed by atoms with Crippen LogP contribution in [0.3, 0.4) is 0 Å². The van der Waals surface area contributed by atoms with E-state index in [1.54, 1.807) is 11.8 Å². The molecule has 116 valence electrons. The Kier molecular flexibility index (Phi) is 7.36. The largest absolute Gasteiger partial charge is 0.354 e. The second-order valence-corrected chi connectivity index (χ2v) is 6.48. The Morgan fingerprint density at radius 2 is 2.00 bits per heavy atom. The van der Waals surface area contributed by atoms with Crippen LogP contribution in [0.1, 0.15) is 5.56 Å². The molecule has 1 aliphatic rings. The van der Waals surface area contributed by atoms with Crippen LogP contribution in [-0.4, -0.2) is 55.8 Å². The quantitative estimate of drug-likeness (QED) is 0.798. The Balaban J connectivity index is 1.54. The zero-order valence-electron chi connectivity index (χ0n) is 12.1. The van der Waals surface area contributed by atoms with Gasteiger partial charge in [-0.15, -0.1) is 11.8 Å². The lowest BCUT2D eigenvalue weighted by Gasteiger charge is -2.27. The van der Waals surface area contributed by atoms with Crippen LogP contribution in [-0.2, 0) is 10.5 Å². The summed E-state index contributed by atoms with van der Waals surface area (Å²) in [6.45, 7) is 5.91. The van der Waals surface area contributed by atoms with E-state index in [4.69, 9.17) is 11.6 Å². The highest BCUT2D eigenvalue weighted by molar-refractivity contribution is 7.99. The highest BCUT2D eigenvalue weighted by Crippen LogP contribution is 2.15. The number of piperazine rings is 1. The molecule has 6 heteroatoms. The number of hydrogen-bond donors (Lipinski definition) is 2. The molecule has 0 unspecified atom stereocenters. The van der Waals surface area contributed by atoms with Gasteiger partial charge in [-0.3, -0.25) is 9.69 Å². The highest BCUT2D eigenvalue weighted by atomic mass is 35.5. The maximum Gasteiger partial charge on any atom is 0.230 e. The smallest absolute Gasteiger partial charge is 0.230 e. The van der Waals surface area contributed by atoms with E-state index in [0.29, 0.717) is 5.75 Å².